The second kappa shape index (κ2) is 4.28. The highest BCUT2D eigenvalue weighted by atomic mass is 35.5. The highest BCUT2D eigenvalue weighted by Crippen LogP contribution is 2.20. The van der Waals surface area contributed by atoms with Gasteiger partial charge in [0.15, 0.2) is 0 Å². The summed E-state index contributed by atoms with van der Waals surface area (Å²) in [7, 11) is 1.84. The van der Waals surface area contributed by atoms with E-state index < -0.39 is 0 Å². The largest absolute Gasteiger partial charge is 0.395 e. The number of aliphatic hydroxyl groups is 1. The number of rotatable bonds is 3. The highest BCUT2D eigenvalue weighted by molar-refractivity contribution is 6.32. The van der Waals surface area contributed by atoms with Gasteiger partial charge in [0, 0.05) is 19.8 Å². The number of aliphatic hydroxyl groups excluding tert-OH is 1. The van der Waals surface area contributed by atoms with Crippen molar-refractivity contribution in [1.29, 1.82) is 0 Å². The van der Waals surface area contributed by atoms with E-state index in [1.807, 2.05) is 11.9 Å². The summed E-state index contributed by atoms with van der Waals surface area (Å²) in [5.74, 6) is 0.702. The van der Waals surface area contributed by atoms with Crippen LogP contribution in [0.15, 0.2) is 18.3 Å². The van der Waals surface area contributed by atoms with E-state index in [1.165, 1.54) is 0 Å². The minimum atomic E-state index is 0.101. The van der Waals surface area contributed by atoms with Crippen LogP contribution in [0.25, 0.3) is 0 Å². The third-order valence-electron chi connectivity index (χ3n) is 1.54. The van der Waals surface area contributed by atoms with E-state index >= 15 is 0 Å². The van der Waals surface area contributed by atoms with Crippen LogP contribution in [0.5, 0.6) is 0 Å². The zero-order valence-electron chi connectivity index (χ0n) is 6.87. The average Bonchev–Trinajstić information content (AvgIpc) is 2.05. The number of aromatic nitrogens is 1. The second-order valence-corrected chi connectivity index (χ2v) is 2.86. The Morgan fingerprint density at radius 2 is 2.42 bits per heavy atom. The van der Waals surface area contributed by atoms with Crippen molar-refractivity contribution in [3.8, 4) is 0 Å². The lowest BCUT2D eigenvalue weighted by Crippen LogP contribution is -2.22. The normalized spacial score (nSPS) is 9.92. The third kappa shape index (κ3) is 2.09. The Labute approximate surface area is 76.6 Å². The molecule has 0 spiro atoms. The zero-order valence-corrected chi connectivity index (χ0v) is 7.62. The maximum absolute atomic E-state index is 8.68. The van der Waals surface area contributed by atoms with Crippen molar-refractivity contribution in [2.45, 2.75) is 0 Å². The molecule has 0 saturated heterocycles. The first kappa shape index (κ1) is 9.29. The van der Waals surface area contributed by atoms with E-state index in [0.717, 1.165) is 0 Å². The van der Waals surface area contributed by atoms with Crippen molar-refractivity contribution in [3.05, 3.63) is 23.4 Å². The van der Waals surface area contributed by atoms with Gasteiger partial charge in [0.2, 0.25) is 0 Å². The molecule has 1 N–H and O–H groups in total. The van der Waals surface area contributed by atoms with Crippen LogP contribution in [0.1, 0.15) is 0 Å². The lowest BCUT2D eigenvalue weighted by atomic mass is 10.4. The summed E-state index contributed by atoms with van der Waals surface area (Å²) in [6.45, 7) is 0.639. The van der Waals surface area contributed by atoms with Crippen LogP contribution >= 0.6 is 11.6 Å². The summed E-state index contributed by atoms with van der Waals surface area (Å²) < 4.78 is 0. The average molecular weight is 187 g/mol. The Bertz CT molecular complexity index is 255. The van der Waals surface area contributed by atoms with Crippen molar-refractivity contribution >= 4 is 17.4 Å². The summed E-state index contributed by atoms with van der Waals surface area (Å²) in [5.41, 5.74) is 0. The summed E-state index contributed by atoms with van der Waals surface area (Å²) in [6, 6.07) is 3.55. The van der Waals surface area contributed by atoms with Gasteiger partial charge in [-0.25, -0.2) is 4.98 Å². The fraction of sp³-hybridized carbons (Fsp3) is 0.375. The summed E-state index contributed by atoms with van der Waals surface area (Å²) in [4.78, 5) is 5.89. The minimum absolute atomic E-state index is 0.101. The Hall–Kier alpha value is -0.800. The van der Waals surface area contributed by atoms with Crippen LogP contribution in [-0.4, -0.2) is 30.3 Å². The topological polar surface area (TPSA) is 36.4 Å². The molecule has 0 aliphatic heterocycles. The summed E-state index contributed by atoms with van der Waals surface area (Å²) in [5, 5.41) is 9.28. The number of nitrogens with zero attached hydrogens (tertiary/aromatic N) is 2. The molecule has 0 aliphatic rings. The predicted octanol–water partition coefficient (Wildman–Crippen LogP) is 1.16. The molecule has 1 heterocycles. The molecule has 4 heteroatoms. The molecule has 0 radical (unpaired) electrons. The van der Waals surface area contributed by atoms with E-state index in [9.17, 15) is 0 Å². The molecule has 0 unspecified atom stereocenters. The number of pyridine rings is 1. The van der Waals surface area contributed by atoms with Gasteiger partial charge in [-0.3, -0.25) is 0 Å². The van der Waals surface area contributed by atoms with Gasteiger partial charge >= 0.3 is 0 Å². The lowest BCUT2D eigenvalue weighted by molar-refractivity contribution is 0.304. The van der Waals surface area contributed by atoms with Gasteiger partial charge < -0.3 is 10.0 Å². The molecule has 0 fully saturated rings. The Morgan fingerprint density at radius 1 is 1.67 bits per heavy atom. The van der Waals surface area contributed by atoms with Crippen LogP contribution < -0.4 is 4.90 Å². The Morgan fingerprint density at radius 3 is 3.00 bits per heavy atom. The summed E-state index contributed by atoms with van der Waals surface area (Å²) >= 11 is 5.87. The minimum Gasteiger partial charge on any atom is -0.395 e. The quantitative estimate of drug-likeness (QED) is 0.770. The SMILES string of the molecule is CN(CCO)c1ncccc1Cl. The van der Waals surface area contributed by atoms with Crippen molar-refractivity contribution < 1.29 is 5.11 Å². The van der Waals surface area contributed by atoms with Crippen LogP contribution in [0.4, 0.5) is 5.82 Å². The number of hydrogen-bond donors (Lipinski definition) is 1. The standard InChI is InChI=1S/C8H11ClN2O/c1-11(5-6-12)8-7(9)3-2-4-10-8/h2-4,12H,5-6H2,1H3. The molecule has 12 heavy (non-hydrogen) atoms. The van der Waals surface area contributed by atoms with Gasteiger partial charge in [-0.1, -0.05) is 11.6 Å². The predicted molar refractivity (Wildman–Crippen MR) is 49.6 cm³/mol. The van der Waals surface area contributed by atoms with Gasteiger partial charge in [0.25, 0.3) is 0 Å². The molecule has 1 aromatic rings. The van der Waals surface area contributed by atoms with Gasteiger partial charge in [0.1, 0.15) is 5.82 Å². The number of halogens is 1. The highest BCUT2D eigenvalue weighted by Gasteiger charge is 2.04. The van der Waals surface area contributed by atoms with Crippen LogP contribution in [0, 0.1) is 0 Å². The molecule has 0 aliphatic carbocycles. The first-order chi connectivity index (χ1) is 5.75. The molecule has 0 amide bonds. The molecule has 1 rings (SSSR count). The van der Waals surface area contributed by atoms with E-state index in [0.29, 0.717) is 17.4 Å². The third-order valence-corrected chi connectivity index (χ3v) is 1.83. The van der Waals surface area contributed by atoms with Crippen molar-refractivity contribution in [3.63, 3.8) is 0 Å². The molecule has 0 saturated carbocycles. The lowest BCUT2D eigenvalue weighted by Gasteiger charge is -2.17. The molecular weight excluding hydrogens is 176 g/mol. The fourth-order valence-electron chi connectivity index (χ4n) is 0.914. The number of hydrogen-bond acceptors (Lipinski definition) is 3. The maximum Gasteiger partial charge on any atom is 0.147 e. The molecule has 0 atom stereocenters. The monoisotopic (exact) mass is 186 g/mol. The smallest absolute Gasteiger partial charge is 0.147 e. The molecule has 66 valence electrons. The van der Waals surface area contributed by atoms with E-state index in [1.54, 1.807) is 18.3 Å². The van der Waals surface area contributed by atoms with Crippen LogP contribution in [-0.2, 0) is 0 Å². The van der Waals surface area contributed by atoms with Crippen molar-refractivity contribution in [1.82, 2.24) is 4.98 Å². The molecule has 1 aromatic heterocycles. The van der Waals surface area contributed by atoms with Crippen LogP contribution in [0.2, 0.25) is 5.02 Å². The fourth-order valence-corrected chi connectivity index (χ4v) is 1.18. The Kier molecular flexibility index (Phi) is 3.31. The van der Waals surface area contributed by atoms with Gasteiger partial charge in [-0.15, -0.1) is 0 Å². The van der Waals surface area contributed by atoms with Gasteiger partial charge in [-0.2, -0.15) is 0 Å². The molecular formula is C8H11ClN2O. The number of anilines is 1. The van der Waals surface area contributed by atoms with Crippen LogP contribution in [0.3, 0.4) is 0 Å². The van der Waals surface area contributed by atoms with E-state index in [2.05, 4.69) is 4.98 Å². The zero-order chi connectivity index (χ0) is 8.97. The van der Waals surface area contributed by atoms with Gasteiger partial charge in [0.05, 0.1) is 11.6 Å². The van der Waals surface area contributed by atoms with Crippen molar-refractivity contribution in [2.24, 2.45) is 0 Å². The first-order valence-electron chi connectivity index (χ1n) is 3.68. The molecule has 0 bridgehead atoms. The maximum atomic E-state index is 8.68. The van der Waals surface area contributed by atoms with Crippen molar-refractivity contribution in [2.75, 3.05) is 25.1 Å². The molecule has 3 nitrogen and oxygen atoms in total. The van der Waals surface area contributed by atoms with Gasteiger partial charge in [-0.05, 0) is 12.1 Å². The first-order valence-corrected chi connectivity index (χ1v) is 4.06. The van der Waals surface area contributed by atoms with E-state index in [-0.39, 0.29) is 6.61 Å². The van der Waals surface area contributed by atoms with E-state index in [4.69, 9.17) is 16.7 Å². The molecule has 0 aromatic carbocycles. The number of likely N-dealkylation sites (N-methyl/N-ethyl adjacent to an activating group) is 1. The second-order valence-electron chi connectivity index (χ2n) is 2.45. The Balaban J connectivity index is 2.79. The summed E-state index contributed by atoms with van der Waals surface area (Å²) in [6.07, 6.45) is 1.68.